The minimum atomic E-state index is -0.816. The highest BCUT2D eigenvalue weighted by Crippen LogP contribution is 2.22. The van der Waals surface area contributed by atoms with E-state index >= 15 is 0 Å². The normalized spacial score (nSPS) is 18.1. The number of nitrogens with one attached hydrogen (secondary N) is 2. The van der Waals surface area contributed by atoms with Crippen LogP contribution in [0.2, 0.25) is 5.02 Å². The van der Waals surface area contributed by atoms with Crippen molar-refractivity contribution in [3.05, 3.63) is 70.2 Å². The van der Waals surface area contributed by atoms with Crippen LogP contribution in [0.3, 0.4) is 0 Å². The van der Waals surface area contributed by atoms with Crippen LogP contribution in [0.25, 0.3) is 0 Å². The van der Waals surface area contributed by atoms with E-state index in [1.807, 2.05) is 18.2 Å². The van der Waals surface area contributed by atoms with E-state index in [1.54, 1.807) is 18.2 Å². The summed E-state index contributed by atoms with van der Waals surface area (Å²) in [5.41, 5.74) is 3.04. The fourth-order valence-electron chi connectivity index (χ4n) is 2.82. The Morgan fingerprint density at radius 3 is 2.70 bits per heavy atom. The third kappa shape index (κ3) is 3.72. The van der Waals surface area contributed by atoms with Gasteiger partial charge in [-0.25, -0.2) is 0 Å². The molecule has 120 valence electrons. The molecule has 23 heavy (non-hydrogen) atoms. The van der Waals surface area contributed by atoms with E-state index < -0.39 is 6.10 Å². The fourth-order valence-corrected chi connectivity index (χ4v) is 3.08. The summed E-state index contributed by atoms with van der Waals surface area (Å²) < 4.78 is 0. The van der Waals surface area contributed by atoms with Crippen molar-refractivity contribution >= 4 is 17.5 Å². The molecule has 0 saturated carbocycles. The van der Waals surface area contributed by atoms with Crippen molar-refractivity contribution in [2.24, 2.45) is 0 Å². The maximum Gasteiger partial charge on any atom is 0.237 e. The number of hydrogen-bond acceptors (Lipinski definition) is 3. The summed E-state index contributed by atoms with van der Waals surface area (Å²) in [6.07, 6.45) is -0.159. The number of hydrogen-bond donors (Lipinski definition) is 3. The number of halogens is 1. The summed E-state index contributed by atoms with van der Waals surface area (Å²) in [4.78, 5) is 12.3. The van der Waals surface area contributed by atoms with Crippen LogP contribution in [0.15, 0.2) is 48.5 Å². The van der Waals surface area contributed by atoms with Crippen molar-refractivity contribution in [1.82, 2.24) is 10.6 Å². The second kappa shape index (κ2) is 7.13. The molecule has 5 heteroatoms. The lowest BCUT2D eigenvalue weighted by Gasteiger charge is -2.25. The van der Waals surface area contributed by atoms with Crippen LogP contribution in [-0.2, 0) is 17.8 Å². The molecule has 0 radical (unpaired) electrons. The van der Waals surface area contributed by atoms with Gasteiger partial charge in [-0.1, -0.05) is 54.1 Å². The summed E-state index contributed by atoms with van der Waals surface area (Å²) >= 11 is 6.05. The number of fused-ring (bicyclic) bond motifs is 1. The monoisotopic (exact) mass is 330 g/mol. The Labute approximate surface area is 140 Å². The molecule has 0 fully saturated rings. The molecule has 1 aliphatic rings. The van der Waals surface area contributed by atoms with Crippen LogP contribution >= 0.6 is 11.6 Å². The number of aliphatic hydroxyl groups excluding tert-OH is 1. The molecule has 0 unspecified atom stereocenters. The highest BCUT2D eigenvalue weighted by molar-refractivity contribution is 6.31. The SMILES string of the molecule is O=C(NC[C@@H](O)c1ccccc1Cl)[C@@H]1Cc2ccccc2CN1. The Hall–Kier alpha value is -1.88. The van der Waals surface area contributed by atoms with Crippen LogP contribution in [0, 0.1) is 0 Å². The lowest BCUT2D eigenvalue weighted by atomic mass is 9.95. The van der Waals surface area contributed by atoms with Gasteiger partial charge in [-0.2, -0.15) is 0 Å². The molecular weight excluding hydrogens is 312 g/mol. The summed E-state index contributed by atoms with van der Waals surface area (Å²) in [6, 6.07) is 14.9. The van der Waals surface area contributed by atoms with Gasteiger partial charge < -0.3 is 15.7 Å². The molecule has 3 rings (SSSR count). The molecule has 0 aliphatic carbocycles. The van der Waals surface area contributed by atoms with E-state index in [2.05, 4.69) is 22.8 Å². The Balaban J connectivity index is 1.57. The first kappa shape index (κ1) is 16.0. The van der Waals surface area contributed by atoms with Crippen molar-refractivity contribution in [3.63, 3.8) is 0 Å². The van der Waals surface area contributed by atoms with Gasteiger partial charge in [0.15, 0.2) is 0 Å². The average Bonchev–Trinajstić information content (AvgIpc) is 2.59. The molecule has 4 nitrogen and oxygen atoms in total. The van der Waals surface area contributed by atoms with Crippen LogP contribution in [0.5, 0.6) is 0 Å². The van der Waals surface area contributed by atoms with Crippen molar-refractivity contribution in [3.8, 4) is 0 Å². The molecule has 2 atom stereocenters. The summed E-state index contributed by atoms with van der Waals surface area (Å²) in [7, 11) is 0. The number of amides is 1. The van der Waals surface area contributed by atoms with Crippen LogP contribution in [-0.4, -0.2) is 23.6 Å². The maximum absolute atomic E-state index is 12.3. The Morgan fingerprint density at radius 1 is 1.22 bits per heavy atom. The number of rotatable bonds is 4. The van der Waals surface area contributed by atoms with E-state index in [9.17, 15) is 9.90 Å². The molecule has 1 amide bonds. The highest BCUT2D eigenvalue weighted by Gasteiger charge is 2.24. The highest BCUT2D eigenvalue weighted by atomic mass is 35.5. The largest absolute Gasteiger partial charge is 0.387 e. The number of aliphatic hydroxyl groups is 1. The van der Waals surface area contributed by atoms with E-state index in [-0.39, 0.29) is 18.5 Å². The second-order valence-corrected chi connectivity index (χ2v) is 6.10. The first-order chi connectivity index (χ1) is 11.1. The van der Waals surface area contributed by atoms with Gasteiger partial charge in [0.05, 0.1) is 12.1 Å². The molecule has 2 aromatic carbocycles. The molecule has 2 aromatic rings. The van der Waals surface area contributed by atoms with Gasteiger partial charge >= 0.3 is 0 Å². The summed E-state index contributed by atoms with van der Waals surface area (Å²) in [5, 5.41) is 16.7. The zero-order valence-corrected chi connectivity index (χ0v) is 13.4. The minimum Gasteiger partial charge on any atom is -0.387 e. The van der Waals surface area contributed by atoms with E-state index in [0.717, 1.165) is 0 Å². The van der Waals surface area contributed by atoms with Crippen molar-refractivity contribution in [2.75, 3.05) is 6.54 Å². The quantitative estimate of drug-likeness (QED) is 0.805. The molecule has 1 aliphatic heterocycles. The maximum atomic E-state index is 12.3. The van der Waals surface area contributed by atoms with Gasteiger partial charge in [0.1, 0.15) is 0 Å². The molecule has 0 saturated heterocycles. The standard InChI is InChI=1S/C18H19ClN2O2/c19-15-8-4-3-7-14(15)17(22)11-21-18(23)16-9-12-5-1-2-6-13(12)10-20-16/h1-8,16-17,20,22H,9-11H2,(H,21,23)/t16-,17+/m0/s1. The molecule has 0 aromatic heterocycles. The predicted molar refractivity (Wildman–Crippen MR) is 90.2 cm³/mol. The van der Waals surface area contributed by atoms with Crippen LogP contribution in [0.1, 0.15) is 22.8 Å². The smallest absolute Gasteiger partial charge is 0.237 e. The number of carbonyl (C=O) groups is 1. The van der Waals surface area contributed by atoms with Crippen LogP contribution < -0.4 is 10.6 Å². The summed E-state index contributed by atoms with van der Waals surface area (Å²) in [5.74, 6) is -0.106. The fraction of sp³-hybridized carbons (Fsp3) is 0.278. The van der Waals surface area contributed by atoms with Crippen molar-refractivity contribution in [2.45, 2.75) is 25.1 Å². The third-order valence-corrected chi connectivity index (χ3v) is 4.48. The topological polar surface area (TPSA) is 61.4 Å². The molecule has 0 bridgehead atoms. The van der Waals surface area contributed by atoms with Gasteiger partial charge in [-0.3, -0.25) is 4.79 Å². The zero-order valence-electron chi connectivity index (χ0n) is 12.6. The van der Waals surface area contributed by atoms with E-state index in [1.165, 1.54) is 11.1 Å². The number of carbonyl (C=O) groups excluding carboxylic acids is 1. The van der Waals surface area contributed by atoms with Gasteiger partial charge in [0, 0.05) is 23.7 Å². The van der Waals surface area contributed by atoms with Crippen LogP contribution in [0.4, 0.5) is 0 Å². The Bertz CT molecular complexity index is 705. The summed E-state index contributed by atoms with van der Waals surface area (Å²) in [6.45, 7) is 0.823. The first-order valence-corrected chi connectivity index (χ1v) is 8.03. The molecule has 1 heterocycles. The predicted octanol–water partition coefficient (Wildman–Crippen LogP) is 2.20. The zero-order chi connectivity index (χ0) is 16.2. The van der Waals surface area contributed by atoms with Gasteiger partial charge in [-0.15, -0.1) is 0 Å². The Kier molecular flexibility index (Phi) is 4.96. The Morgan fingerprint density at radius 2 is 1.91 bits per heavy atom. The van der Waals surface area contributed by atoms with Gasteiger partial charge in [0.2, 0.25) is 5.91 Å². The van der Waals surface area contributed by atoms with Gasteiger partial charge in [-0.05, 0) is 23.6 Å². The lowest BCUT2D eigenvalue weighted by molar-refractivity contribution is -0.123. The molecular formula is C18H19ClN2O2. The minimum absolute atomic E-state index is 0.106. The molecule has 3 N–H and O–H groups in total. The van der Waals surface area contributed by atoms with Crippen molar-refractivity contribution < 1.29 is 9.90 Å². The van der Waals surface area contributed by atoms with E-state index in [4.69, 9.17) is 11.6 Å². The average molecular weight is 331 g/mol. The first-order valence-electron chi connectivity index (χ1n) is 7.65. The van der Waals surface area contributed by atoms with E-state index in [0.29, 0.717) is 23.6 Å². The number of benzene rings is 2. The van der Waals surface area contributed by atoms with Crippen molar-refractivity contribution in [1.29, 1.82) is 0 Å². The second-order valence-electron chi connectivity index (χ2n) is 5.69. The van der Waals surface area contributed by atoms with Gasteiger partial charge in [0.25, 0.3) is 0 Å². The third-order valence-electron chi connectivity index (χ3n) is 4.13. The molecule has 0 spiro atoms. The lowest BCUT2D eigenvalue weighted by Crippen LogP contribution is -2.48.